The molecule has 0 saturated heterocycles. The zero-order chi connectivity index (χ0) is 11.9. The lowest BCUT2D eigenvalue weighted by atomic mass is 10.1. The molecule has 16 heavy (non-hydrogen) atoms. The molecule has 1 aliphatic rings. The summed E-state index contributed by atoms with van der Waals surface area (Å²) in [4.78, 5) is 0. The van der Waals surface area contributed by atoms with Crippen LogP contribution in [0.4, 0.5) is 0 Å². The molecule has 3 unspecified atom stereocenters. The zero-order valence-corrected chi connectivity index (χ0v) is 10.8. The number of aliphatic hydroxyl groups excluding tert-OH is 1. The summed E-state index contributed by atoms with van der Waals surface area (Å²) in [7, 11) is 1.89. The Morgan fingerprint density at radius 3 is 2.69 bits per heavy atom. The highest BCUT2D eigenvalue weighted by atomic mass is 35.5. The van der Waals surface area contributed by atoms with Crippen LogP contribution in [0.25, 0.3) is 0 Å². The molecule has 0 amide bonds. The van der Waals surface area contributed by atoms with E-state index in [9.17, 15) is 5.11 Å². The molecular weight excluding hydrogens is 224 g/mol. The molecular formula is C12H19ClN2O. The summed E-state index contributed by atoms with van der Waals surface area (Å²) in [5, 5.41) is 15.1. The fraction of sp³-hybridized carbons (Fsp3) is 0.750. The van der Waals surface area contributed by atoms with Crippen molar-refractivity contribution >= 4 is 11.6 Å². The molecule has 0 radical (unpaired) electrons. The van der Waals surface area contributed by atoms with Crippen LogP contribution in [0.5, 0.6) is 0 Å². The van der Waals surface area contributed by atoms with Gasteiger partial charge in [-0.2, -0.15) is 5.10 Å². The first-order valence-corrected chi connectivity index (χ1v) is 6.30. The molecule has 0 spiro atoms. The van der Waals surface area contributed by atoms with E-state index in [0.29, 0.717) is 18.3 Å². The molecule has 1 N–H and O–H groups in total. The van der Waals surface area contributed by atoms with Gasteiger partial charge in [0.05, 0.1) is 22.5 Å². The minimum absolute atomic E-state index is 0.271. The largest absolute Gasteiger partial charge is 0.392 e. The van der Waals surface area contributed by atoms with Crippen molar-refractivity contribution in [1.82, 2.24) is 9.78 Å². The van der Waals surface area contributed by atoms with Crippen molar-refractivity contribution in [1.29, 1.82) is 0 Å². The maximum Gasteiger partial charge on any atom is 0.0850 e. The van der Waals surface area contributed by atoms with E-state index in [-0.39, 0.29) is 6.10 Å². The molecule has 1 aliphatic carbocycles. The minimum Gasteiger partial charge on any atom is -0.392 e. The van der Waals surface area contributed by atoms with Crippen LogP contribution in [0.2, 0.25) is 5.02 Å². The van der Waals surface area contributed by atoms with Crippen LogP contribution in [0, 0.1) is 11.8 Å². The predicted molar refractivity (Wildman–Crippen MR) is 64.6 cm³/mol. The number of nitrogens with zero attached hydrogens (tertiary/aromatic N) is 2. The van der Waals surface area contributed by atoms with Gasteiger partial charge in [0.1, 0.15) is 0 Å². The first kappa shape index (κ1) is 11.9. The summed E-state index contributed by atoms with van der Waals surface area (Å²) in [6, 6.07) is 0. The molecule has 3 atom stereocenters. The number of aryl methyl sites for hydroxylation is 2. The fourth-order valence-electron chi connectivity index (χ4n) is 2.28. The van der Waals surface area contributed by atoms with Crippen molar-refractivity contribution in [2.75, 3.05) is 0 Å². The fourth-order valence-corrected chi connectivity index (χ4v) is 2.65. The van der Waals surface area contributed by atoms with E-state index in [4.69, 9.17) is 11.6 Å². The van der Waals surface area contributed by atoms with E-state index in [0.717, 1.165) is 29.3 Å². The van der Waals surface area contributed by atoms with Gasteiger partial charge in [-0.05, 0) is 24.7 Å². The van der Waals surface area contributed by atoms with Gasteiger partial charge >= 0.3 is 0 Å². The first-order valence-electron chi connectivity index (χ1n) is 5.92. The van der Waals surface area contributed by atoms with Crippen molar-refractivity contribution in [2.24, 2.45) is 18.9 Å². The van der Waals surface area contributed by atoms with Crippen LogP contribution in [0.1, 0.15) is 31.7 Å². The standard InChI is InChI=1S/C12H19ClN2O/c1-4-9-12(13)10(15(3)14-9)6-11(16)8-5-7(8)2/h7-8,11,16H,4-6H2,1-3H3. The Morgan fingerprint density at radius 2 is 2.25 bits per heavy atom. The van der Waals surface area contributed by atoms with Gasteiger partial charge in [0.15, 0.2) is 0 Å². The molecule has 0 aromatic carbocycles. The van der Waals surface area contributed by atoms with Gasteiger partial charge in [-0.15, -0.1) is 0 Å². The quantitative estimate of drug-likeness (QED) is 0.879. The second kappa shape index (κ2) is 4.38. The number of hydrogen-bond donors (Lipinski definition) is 1. The third kappa shape index (κ3) is 2.11. The molecule has 1 saturated carbocycles. The van der Waals surface area contributed by atoms with E-state index >= 15 is 0 Å². The average Bonchev–Trinajstić information content (AvgIpc) is 2.92. The topological polar surface area (TPSA) is 38.0 Å². The van der Waals surface area contributed by atoms with Gasteiger partial charge in [0.2, 0.25) is 0 Å². The van der Waals surface area contributed by atoms with Gasteiger partial charge in [-0.3, -0.25) is 4.68 Å². The number of rotatable bonds is 4. The Balaban J connectivity index is 2.11. The van der Waals surface area contributed by atoms with Crippen molar-refractivity contribution in [2.45, 2.75) is 39.2 Å². The van der Waals surface area contributed by atoms with Gasteiger partial charge < -0.3 is 5.11 Å². The Bertz CT molecular complexity index is 389. The lowest BCUT2D eigenvalue weighted by Gasteiger charge is -2.10. The van der Waals surface area contributed by atoms with Crippen molar-refractivity contribution in [3.8, 4) is 0 Å². The summed E-state index contributed by atoms with van der Waals surface area (Å²) in [6.45, 7) is 4.22. The second-order valence-electron chi connectivity index (χ2n) is 4.83. The summed E-state index contributed by atoms with van der Waals surface area (Å²) in [6.07, 6.45) is 2.32. The highest BCUT2D eigenvalue weighted by Gasteiger charge is 2.39. The highest BCUT2D eigenvalue weighted by molar-refractivity contribution is 6.31. The zero-order valence-electron chi connectivity index (χ0n) is 10.1. The van der Waals surface area contributed by atoms with E-state index in [2.05, 4.69) is 12.0 Å². The van der Waals surface area contributed by atoms with Crippen LogP contribution in [-0.2, 0) is 19.9 Å². The molecule has 1 aromatic rings. The van der Waals surface area contributed by atoms with E-state index < -0.39 is 0 Å². The second-order valence-corrected chi connectivity index (χ2v) is 5.21. The Labute approximate surface area is 101 Å². The smallest absolute Gasteiger partial charge is 0.0850 e. The molecule has 1 heterocycles. The van der Waals surface area contributed by atoms with Crippen LogP contribution in [-0.4, -0.2) is 21.0 Å². The van der Waals surface area contributed by atoms with Crippen molar-refractivity contribution in [3.05, 3.63) is 16.4 Å². The third-order valence-electron chi connectivity index (χ3n) is 3.57. The minimum atomic E-state index is -0.271. The Hall–Kier alpha value is -0.540. The van der Waals surface area contributed by atoms with Crippen molar-refractivity contribution < 1.29 is 5.11 Å². The van der Waals surface area contributed by atoms with E-state index in [1.165, 1.54) is 0 Å². The number of halogens is 1. The van der Waals surface area contributed by atoms with Crippen molar-refractivity contribution in [3.63, 3.8) is 0 Å². The summed E-state index contributed by atoms with van der Waals surface area (Å²) < 4.78 is 1.80. The SMILES string of the molecule is CCc1nn(C)c(CC(O)C2CC2C)c1Cl. The van der Waals surface area contributed by atoms with Gasteiger partial charge in [0, 0.05) is 13.5 Å². The monoisotopic (exact) mass is 242 g/mol. The summed E-state index contributed by atoms with van der Waals surface area (Å²) in [5.74, 6) is 1.11. The van der Waals surface area contributed by atoms with E-state index in [1.54, 1.807) is 4.68 Å². The van der Waals surface area contributed by atoms with Gasteiger partial charge in [0.25, 0.3) is 0 Å². The molecule has 4 heteroatoms. The van der Waals surface area contributed by atoms with Gasteiger partial charge in [-0.1, -0.05) is 25.4 Å². The Kier molecular flexibility index (Phi) is 3.27. The summed E-state index contributed by atoms with van der Waals surface area (Å²) >= 11 is 6.24. The average molecular weight is 243 g/mol. The van der Waals surface area contributed by atoms with E-state index in [1.807, 2.05) is 14.0 Å². The third-order valence-corrected chi connectivity index (χ3v) is 4.01. The predicted octanol–water partition coefficient (Wildman–Crippen LogP) is 2.20. The van der Waals surface area contributed by atoms with Crippen LogP contribution in [0.15, 0.2) is 0 Å². The normalized spacial score (nSPS) is 25.8. The molecule has 1 aromatic heterocycles. The van der Waals surface area contributed by atoms with Crippen LogP contribution >= 0.6 is 11.6 Å². The molecule has 3 nitrogen and oxygen atoms in total. The first-order chi connectivity index (χ1) is 7.54. The highest BCUT2D eigenvalue weighted by Crippen LogP contribution is 2.41. The maximum atomic E-state index is 10.0. The Morgan fingerprint density at radius 1 is 1.62 bits per heavy atom. The van der Waals surface area contributed by atoms with Crippen LogP contribution < -0.4 is 0 Å². The maximum absolute atomic E-state index is 10.0. The number of aliphatic hydroxyl groups is 1. The molecule has 0 bridgehead atoms. The van der Waals surface area contributed by atoms with Gasteiger partial charge in [-0.25, -0.2) is 0 Å². The molecule has 90 valence electrons. The molecule has 0 aliphatic heterocycles. The lowest BCUT2D eigenvalue weighted by Crippen LogP contribution is -2.16. The van der Waals surface area contributed by atoms with Crippen LogP contribution in [0.3, 0.4) is 0 Å². The lowest BCUT2D eigenvalue weighted by molar-refractivity contribution is 0.144. The number of aromatic nitrogens is 2. The molecule has 1 fully saturated rings. The molecule has 2 rings (SSSR count). The number of hydrogen-bond acceptors (Lipinski definition) is 2. The summed E-state index contributed by atoms with van der Waals surface area (Å²) in [5.41, 5.74) is 1.89.